The number of rotatable bonds is 3. The van der Waals surface area contributed by atoms with Gasteiger partial charge in [0, 0.05) is 37.8 Å². The van der Waals surface area contributed by atoms with Gasteiger partial charge in [-0.05, 0) is 38.0 Å². The summed E-state index contributed by atoms with van der Waals surface area (Å²) in [5.41, 5.74) is 3.59. The molecule has 1 aromatic carbocycles. The number of hydrogen-bond donors (Lipinski definition) is 0. The Balaban J connectivity index is 1.57. The summed E-state index contributed by atoms with van der Waals surface area (Å²) in [6, 6.07) is 5.81. The third-order valence-electron chi connectivity index (χ3n) is 5.72. The van der Waals surface area contributed by atoms with Crippen molar-refractivity contribution >= 4 is 21.7 Å². The highest BCUT2D eigenvalue weighted by Crippen LogP contribution is 2.27. The molecule has 0 unspecified atom stereocenters. The van der Waals surface area contributed by atoms with Crippen LogP contribution in [0.15, 0.2) is 29.3 Å². The first kappa shape index (κ1) is 21.7. The lowest BCUT2D eigenvalue weighted by Gasteiger charge is -2.34. The molecular weight excluding hydrogens is 412 g/mol. The van der Waals surface area contributed by atoms with Crippen molar-refractivity contribution in [3.8, 4) is 0 Å². The number of benzene rings is 1. The Morgan fingerprint density at radius 3 is 2.16 bits per heavy atom. The highest BCUT2D eigenvalue weighted by molar-refractivity contribution is 7.89. The molecule has 4 rings (SSSR count). The third-order valence-corrected chi connectivity index (χ3v) is 7.93. The van der Waals surface area contributed by atoms with Gasteiger partial charge < -0.3 is 4.90 Å². The highest BCUT2D eigenvalue weighted by Gasteiger charge is 2.32. The molecule has 3 aromatic rings. The molecule has 0 spiro atoms. The van der Waals surface area contributed by atoms with Gasteiger partial charge in [-0.25, -0.2) is 13.4 Å². The standard InChI is InChI=1S/C22H30N6O2S/c1-15-13-16(2)19(17(3)14-15)31(29,30)27-11-9-26(10-12-27)21-24-20-23-8-7-18(22(4,5)6)28(20)25-21/h7-8,13-14H,9-12H2,1-6H3. The molecule has 0 radical (unpaired) electrons. The summed E-state index contributed by atoms with van der Waals surface area (Å²) in [5, 5.41) is 4.69. The topological polar surface area (TPSA) is 83.7 Å². The Morgan fingerprint density at radius 1 is 0.968 bits per heavy atom. The van der Waals surface area contributed by atoms with E-state index in [9.17, 15) is 8.42 Å². The van der Waals surface area contributed by atoms with Crippen LogP contribution in [0.4, 0.5) is 5.95 Å². The molecule has 0 saturated carbocycles. The van der Waals surface area contributed by atoms with E-state index in [2.05, 4.69) is 35.8 Å². The van der Waals surface area contributed by atoms with E-state index in [1.807, 2.05) is 43.9 Å². The average molecular weight is 443 g/mol. The molecule has 1 aliphatic heterocycles. The Morgan fingerprint density at radius 2 is 1.58 bits per heavy atom. The second kappa shape index (κ2) is 7.56. The van der Waals surface area contributed by atoms with E-state index in [0.717, 1.165) is 22.4 Å². The van der Waals surface area contributed by atoms with Crippen molar-refractivity contribution < 1.29 is 8.42 Å². The van der Waals surface area contributed by atoms with Crippen molar-refractivity contribution in [1.82, 2.24) is 23.9 Å². The van der Waals surface area contributed by atoms with E-state index in [4.69, 9.17) is 0 Å². The summed E-state index contributed by atoms with van der Waals surface area (Å²) in [6.45, 7) is 13.9. The first-order valence-corrected chi connectivity index (χ1v) is 12.0. The van der Waals surface area contributed by atoms with Gasteiger partial charge in [-0.2, -0.15) is 13.8 Å². The minimum Gasteiger partial charge on any atom is -0.337 e. The van der Waals surface area contributed by atoms with E-state index in [0.29, 0.717) is 42.8 Å². The number of anilines is 1. The number of nitrogens with zero attached hydrogens (tertiary/aromatic N) is 6. The lowest BCUT2D eigenvalue weighted by Crippen LogP contribution is -2.49. The third kappa shape index (κ3) is 3.92. The zero-order valence-electron chi connectivity index (χ0n) is 19.0. The minimum atomic E-state index is -3.55. The van der Waals surface area contributed by atoms with Crippen LogP contribution in [-0.2, 0) is 15.4 Å². The molecule has 9 heteroatoms. The van der Waals surface area contributed by atoms with Crippen LogP contribution in [-0.4, -0.2) is 58.5 Å². The largest absolute Gasteiger partial charge is 0.337 e. The van der Waals surface area contributed by atoms with Gasteiger partial charge in [0.25, 0.3) is 5.78 Å². The molecule has 3 heterocycles. The maximum Gasteiger partial charge on any atom is 0.254 e. The first-order chi connectivity index (χ1) is 14.5. The highest BCUT2D eigenvalue weighted by atomic mass is 32.2. The van der Waals surface area contributed by atoms with Gasteiger partial charge in [0.2, 0.25) is 16.0 Å². The fourth-order valence-corrected chi connectivity index (χ4v) is 6.15. The van der Waals surface area contributed by atoms with Gasteiger partial charge in [-0.1, -0.05) is 38.5 Å². The van der Waals surface area contributed by atoms with Crippen LogP contribution in [0.2, 0.25) is 0 Å². The van der Waals surface area contributed by atoms with Gasteiger partial charge in [0.05, 0.1) is 10.6 Å². The number of aryl methyl sites for hydroxylation is 3. The molecule has 1 saturated heterocycles. The number of hydrogen-bond acceptors (Lipinski definition) is 6. The Labute approximate surface area is 184 Å². The molecule has 31 heavy (non-hydrogen) atoms. The predicted molar refractivity (Wildman–Crippen MR) is 121 cm³/mol. The van der Waals surface area contributed by atoms with E-state index < -0.39 is 10.0 Å². The Kier molecular flexibility index (Phi) is 5.29. The Bertz CT molecular complexity index is 1210. The molecule has 0 aliphatic carbocycles. The Hall–Kier alpha value is -2.52. The lowest BCUT2D eigenvalue weighted by atomic mass is 9.92. The van der Waals surface area contributed by atoms with Crippen molar-refractivity contribution in [3.63, 3.8) is 0 Å². The monoisotopic (exact) mass is 442 g/mol. The van der Waals surface area contributed by atoms with Gasteiger partial charge in [-0.3, -0.25) is 0 Å². The quantitative estimate of drug-likeness (QED) is 0.620. The predicted octanol–water partition coefficient (Wildman–Crippen LogP) is 2.86. The van der Waals surface area contributed by atoms with Gasteiger partial charge in [-0.15, -0.1) is 5.10 Å². The second-order valence-electron chi connectivity index (χ2n) is 9.32. The number of fused-ring (bicyclic) bond motifs is 1. The molecular formula is C22H30N6O2S. The van der Waals surface area contributed by atoms with Crippen LogP contribution in [0.3, 0.4) is 0 Å². The van der Waals surface area contributed by atoms with Gasteiger partial charge in [0.15, 0.2) is 0 Å². The molecule has 1 aliphatic rings. The molecule has 166 valence electrons. The first-order valence-electron chi connectivity index (χ1n) is 10.5. The van der Waals surface area contributed by atoms with E-state index >= 15 is 0 Å². The smallest absolute Gasteiger partial charge is 0.254 e. The van der Waals surface area contributed by atoms with Crippen molar-refractivity contribution in [1.29, 1.82) is 0 Å². The van der Waals surface area contributed by atoms with E-state index in [1.165, 1.54) is 0 Å². The lowest BCUT2D eigenvalue weighted by molar-refractivity contribution is 0.382. The average Bonchev–Trinajstić information content (AvgIpc) is 3.10. The molecule has 0 atom stereocenters. The molecule has 2 aromatic heterocycles. The molecule has 8 nitrogen and oxygen atoms in total. The summed E-state index contributed by atoms with van der Waals surface area (Å²) in [7, 11) is -3.55. The summed E-state index contributed by atoms with van der Waals surface area (Å²) < 4.78 is 30.0. The van der Waals surface area contributed by atoms with Crippen molar-refractivity contribution in [2.75, 3.05) is 31.1 Å². The zero-order chi connectivity index (χ0) is 22.6. The minimum absolute atomic E-state index is 0.0946. The van der Waals surface area contributed by atoms with Crippen LogP contribution >= 0.6 is 0 Å². The summed E-state index contributed by atoms with van der Waals surface area (Å²) in [5.74, 6) is 1.15. The SMILES string of the molecule is Cc1cc(C)c(S(=O)(=O)N2CCN(c3nc4nccc(C(C)(C)C)n4n3)CC2)c(C)c1. The fraction of sp³-hybridized carbons (Fsp3) is 0.500. The zero-order valence-corrected chi connectivity index (χ0v) is 19.9. The summed E-state index contributed by atoms with van der Waals surface area (Å²) in [6.07, 6.45) is 1.76. The van der Waals surface area contributed by atoms with Crippen molar-refractivity contribution in [3.05, 3.63) is 46.8 Å². The molecule has 1 fully saturated rings. The van der Waals surface area contributed by atoms with Crippen LogP contribution in [0, 0.1) is 20.8 Å². The number of piperazine rings is 1. The molecule has 0 N–H and O–H groups in total. The normalized spacial score (nSPS) is 16.3. The molecule has 0 bridgehead atoms. The second-order valence-corrected chi connectivity index (χ2v) is 11.2. The summed E-state index contributed by atoms with van der Waals surface area (Å²) >= 11 is 0. The van der Waals surface area contributed by atoms with Crippen LogP contribution in [0.5, 0.6) is 0 Å². The van der Waals surface area contributed by atoms with Gasteiger partial charge >= 0.3 is 0 Å². The number of aromatic nitrogens is 4. The summed E-state index contributed by atoms with van der Waals surface area (Å²) in [4.78, 5) is 11.4. The van der Waals surface area contributed by atoms with E-state index in [-0.39, 0.29) is 5.41 Å². The van der Waals surface area contributed by atoms with Crippen LogP contribution in [0.1, 0.15) is 43.2 Å². The fourth-order valence-electron chi connectivity index (χ4n) is 4.32. The maximum absolute atomic E-state index is 13.3. The molecule has 0 amide bonds. The van der Waals surface area contributed by atoms with Crippen LogP contribution < -0.4 is 4.90 Å². The van der Waals surface area contributed by atoms with E-state index in [1.54, 1.807) is 15.0 Å². The van der Waals surface area contributed by atoms with Gasteiger partial charge in [0.1, 0.15) is 0 Å². The van der Waals surface area contributed by atoms with Crippen molar-refractivity contribution in [2.45, 2.75) is 51.9 Å². The van der Waals surface area contributed by atoms with Crippen molar-refractivity contribution in [2.24, 2.45) is 0 Å². The maximum atomic E-state index is 13.3. The van der Waals surface area contributed by atoms with Crippen LogP contribution in [0.25, 0.3) is 5.78 Å². The number of sulfonamides is 1.